The highest BCUT2D eigenvalue weighted by atomic mass is 14.6. The Balaban J connectivity index is 4.44. The number of nitrogens with zero attached hydrogens (tertiary/aromatic N) is 1. The molecule has 0 bridgehead atoms. The second-order valence-corrected chi connectivity index (χ2v) is 4.81. The standard InChI is InChI=1S/C16H29N/c1-6-9-15(13-17-5)12-11-14(4)16(8-3)10-7-2/h11-14,16H,5-10H2,1-4H3/b12-11-,15-13-. The minimum Gasteiger partial charge on any atom is -0.272 e. The van der Waals surface area contributed by atoms with Gasteiger partial charge in [0, 0.05) is 6.20 Å². The Morgan fingerprint density at radius 2 is 1.94 bits per heavy atom. The Kier molecular flexibility index (Phi) is 9.80. The van der Waals surface area contributed by atoms with E-state index in [0.29, 0.717) is 5.92 Å². The molecular weight excluding hydrogens is 206 g/mol. The van der Waals surface area contributed by atoms with Crippen LogP contribution in [0.25, 0.3) is 0 Å². The highest BCUT2D eigenvalue weighted by Crippen LogP contribution is 2.23. The molecule has 0 rings (SSSR count). The van der Waals surface area contributed by atoms with Gasteiger partial charge in [0.1, 0.15) is 0 Å². The van der Waals surface area contributed by atoms with Gasteiger partial charge in [-0.3, -0.25) is 4.99 Å². The Morgan fingerprint density at radius 1 is 1.24 bits per heavy atom. The van der Waals surface area contributed by atoms with E-state index in [1.165, 1.54) is 24.8 Å². The van der Waals surface area contributed by atoms with Crippen LogP contribution in [0.3, 0.4) is 0 Å². The summed E-state index contributed by atoms with van der Waals surface area (Å²) in [5.41, 5.74) is 1.29. The molecule has 0 saturated heterocycles. The minimum atomic E-state index is 0.657. The highest BCUT2D eigenvalue weighted by Gasteiger charge is 2.11. The molecule has 2 atom stereocenters. The van der Waals surface area contributed by atoms with Gasteiger partial charge in [0.25, 0.3) is 0 Å². The lowest BCUT2D eigenvalue weighted by atomic mass is 9.87. The number of hydrogen-bond donors (Lipinski definition) is 0. The summed E-state index contributed by atoms with van der Waals surface area (Å²) in [7, 11) is 0. The van der Waals surface area contributed by atoms with E-state index in [2.05, 4.69) is 51.6 Å². The molecule has 0 N–H and O–H groups in total. The van der Waals surface area contributed by atoms with Crippen molar-refractivity contribution in [3.05, 3.63) is 23.9 Å². The second kappa shape index (κ2) is 10.3. The number of aliphatic imine (C=N–C) groups is 1. The van der Waals surface area contributed by atoms with E-state index < -0.39 is 0 Å². The van der Waals surface area contributed by atoms with Crippen molar-refractivity contribution in [2.24, 2.45) is 16.8 Å². The topological polar surface area (TPSA) is 12.4 Å². The molecule has 0 amide bonds. The summed E-state index contributed by atoms with van der Waals surface area (Å²) in [6, 6.07) is 0. The maximum Gasteiger partial charge on any atom is 0.0292 e. The van der Waals surface area contributed by atoms with Crippen molar-refractivity contribution in [3.63, 3.8) is 0 Å². The van der Waals surface area contributed by atoms with E-state index in [0.717, 1.165) is 18.8 Å². The maximum atomic E-state index is 3.87. The quantitative estimate of drug-likeness (QED) is 0.375. The normalized spacial score (nSPS) is 16.1. The molecule has 0 spiro atoms. The zero-order valence-electron chi connectivity index (χ0n) is 12.1. The summed E-state index contributed by atoms with van der Waals surface area (Å²) >= 11 is 0. The first kappa shape index (κ1) is 16.1. The van der Waals surface area contributed by atoms with Crippen molar-refractivity contribution in [1.82, 2.24) is 0 Å². The van der Waals surface area contributed by atoms with E-state index in [-0.39, 0.29) is 0 Å². The highest BCUT2D eigenvalue weighted by molar-refractivity contribution is 5.29. The van der Waals surface area contributed by atoms with Gasteiger partial charge in [-0.25, -0.2) is 0 Å². The van der Waals surface area contributed by atoms with Crippen LogP contribution >= 0.6 is 0 Å². The Morgan fingerprint density at radius 3 is 2.41 bits per heavy atom. The largest absolute Gasteiger partial charge is 0.272 e. The summed E-state index contributed by atoms with van der Waals surface area (Å²) in [4.78, 5) is 3.87. The first-order valence-corrected chi connectivity index (χ1v) is 7.02. The van der Waals surface area contributed by atoms with Gasteiger partial charge in [-0.1, -0.05) is 65.5 Å². The monoisotopic (exact) mass is 235 g/mol. The first-order valence-electron chi connectivity index (χ1n) is 7.02. The molecule has 0 aromatic rings. The van der Waals surface area contributed by atoms with Gasteiger partial charge in [-0.15, -0.1) is 0 Å². The van der Waals surface area contributed by atoms with Gasteiger partial charge in [-0.2, -0.15) is 0 Å². The molecule has 0 fully saturated rings. The van der Waals surface area contributed by atoms with Crippen LogP contribution in [0.4, 0.5) is 0 Å². The van der Waals surface area contributed by atoms with Crippen LogP contribution in [0.2, 0.25) is 0 Å². The summed E-state index contributed by atoms with van der Waals surface area (Å²) in [5.74, 6) is 1.47. The number of rotatable bonds is 9. The van der Waals surface area contributed by atoms with Crippen LogP contribution in [-0.4, -0.2) is 6.72 Å². The van der Waals surface area contributed by atoms with Crippen molar-refractivity contribution in [2.45, 2.75) is 59.8 Å². The minimum absolute atomic E-state index is 0.657. The van der Waals surface area contributed by atoms with Gasteiger partial charge in [-0.05, 0) is 30.5 Å². The number of allylic oxidation sites excluding steroid dienone is 3. The summed E-state index contributed by atoms with van der Waals surface area (Å²) in [6.45, 7) is 12.6. The first-order chi connectivity index (χ1) is 8.19. The lowest BCUT2D eigenvalue weighted by Gasteiger charge is -2.19. The summed E-state index contributed by atoms with van der Waals surface area (Å²) in [5, 5.41) is 0. The molecule has 0 aliphatic heterocycles. The summed E-state index contributed by atoms with van der Waals surface area (Å²) < 4.78 is 0. The SMILES string of the molecule is C=N/C=C(\C=C/C(C)C(CC)CCC)CCC. The fourth-order valence-electron chi connectivity index (χ4n) is 2.24. The van der Waals surface area contributed by atoms with Gasteiger partial charge < -0.3 is 0 Å². The summed E-state index contributed by atoms with van der Waals surface area (Å²) in [6.07, 6.45) is 12.6. The van der Waals surface area contributed by atoms with Gasteiger partial charge in [0.2, 0.25) is 0 Å². The lowest BCUT2D eigenvalue weighted by molar-refractivity contribution is 0.376. The second-order valence-electron chi connectivity index (χ2n) is 4.81. The molecule has 1 heteroatoms. The zero-order chi connectivity index (χ0) is 13.1. The molecule has 0 aliphatic rings. The average Bonchev–Trinajstić information content (AvgIpc) is 2.33. The van der Waals surface area contributed by atoms with Crippen molar-refractivity contribution in [3.8, 4) is 0 Å². The molecular formula is C16H29N. The van der Waals surface area contributed by atoms with Crippen LogP contribution in [0, 0.1) is 11.8 Å². The molecule has 17 heavy (non-hydrogen) atoms. The third-order valence-electron chi connectivity index (χ3n) is 3.34. The van der Waals surface area contributed by atoms with Crippen molar-refractivity contribution in [2.75, 3.05) is 0 Å². The molecule has 98 valence electrons. The van der Waals surface area contributed by atoms with Gasteiger partial charge in [0.15, 0.2) is 0 Å². The van der Waals surface area contributed by atoms with E-state index in [9.17, 15) is 0 Å². The Bertz CT molecular complexity index is 250. The van der Waals surface area contributed by atoms with Crippen LogP contribution < -0.4 is 0 Å². The third-order valence-corrected chi connectivity index (χ3v) is 3.34. The van der Waals surface area contributed by atoms with Crippen LogP contribution in [0.15, 0.2) is 28.9 Å². The Hall–Kier alpha value is -0.850. The molecule has 0 aromatic heterocycles. The number of hydrogen-bond acceptors (Lipinski definition) is 1. The fourth-order valence-corrected chi connectivity index (χ4v) is 2.24. The molecule has 0 aliphatic carbocycles. The molecule has 0 radical (unpaired) electrons. The van der Waals surface area contributed by atoms with Gasteiger partial charge in [0.05, 0.1) is 0 Å². The maximum absolute atomic E-state index is 3.87. The van der Waals surface area contributed by atoms with E-state index >= 15 is 0 Å². The van der Waals surface area contributed by atoms with Crippen molar-refractivity contribution < 1.29 is 0 Å². The molecule has 1 nitrogen and oxygen atoms in total. The molecule has 0 aromatic carbocycles. The molecule has 0 heterocycles. The molecule has 0 saturated carbocycles. The molecule has 2 unspecified atom stereocenters. The predicted molar refractivity (Wildman–Crippen MR) is 79.5 cm³/mol. The smallest absolute Gasteiger partial charge is 0.0292 e. The van der Waals surface area contributed by atoms with Crippen LogP contribution in [0.1, 0.15) is 59.8 Å². The van der Waals surface area contributed by atoms with Crippen LogP contribution in [0.5, 0.6) is 0 Å². The van der Waals surface area contributed by atoms with Gasteiger partial charge >= 0.3 is 0 Å². The van der Waals surface area contributed by atoms with E-state index in [1.807, 2.05) is 6.20 Å². The zero-order valence-corrected chi connectivity index (χ0v) is 12.1. The lowest BCUT2D eigenvalue weighted by Crippen LogP contribution is -2.08. The average molecular weight is 235 g/mol. The van der Waals surface area contributed by atoms with Crippen LogP contribution in [-0.2, 0) is 0 Å². The van der Waals surface area contributed by atoms with Crippen molar-refractivity contribution >= 4 is 6.72 Å². The van der Waals surface area contributed by atoms with Crippen molar-refractivity contribution in [1.29, 1.82) is 0 Å². The van der Waals surface area contributed by atoms with E-state index in [1.54, 1.807) is 0 Å². The van der Waals surface area contributed by atoms with E-state index in [4.69, 9.17) is 0 Å². The fraction of sp³-hybridized carbons (Fsp3) is 0.688. The third kappa shape index (κ3) is 7.14. The predicted octanol–water partition coefficient (Wildman–Crippen LogP) is 5.39. The Labute approximate surface area is 108 Å².